The molecule has 0 saturated heterocycles. The lowest BCUT2D eigenvalue weighted by atomic mass is 9.90. The second-order valence-corrected chi connectivity index (χ2v) is 6.93. The van der Waals surface area contributed by atoms with E-state index >= 15 is 0 Å². The second kappa shape index (κ2) is 12.9. The summed E-state index contributed by atoms with van der Waals surface area (Å²) < 4.78 is 4.61. The van der Waals surface area contributed by atoms with Crippen LogP contribution in [-0.4, -0.2) is 30.1 Å². The lowest BCUT2D eigenvalue weighted by molar-refractivity contribution is -0.140. The van der Waals surface area contributed by atoms with Gasteiger partial charge < -0.3 is 9.84 Å². The summed E-state index contributed by atoms with van der Waals surface area (Å²) in [6, 6.07) is 0. The Bertz CT molecular complexity index is 453. The first-order valence-corrected chi connectivity index (χ1v) is 9.69. The molecule has 1 fully saturated rings. The average molecular weight is 350 g/mol. The first-order valence-electron chi connectivity index (χ1n) is 9.69. The number of aliphatic hydroxyl groups excluding tert-OH is 1. The first kappa shape index (κ1) is 21.6. The van der Waals surface area contributed by atoms with Gasteiger partial charge in [-0.15, -0.1) is 0 Å². The van der Waals surface area contributed by atoms with Crippen molar-refractivity contribution in [2.24, 2.45) is 11.8 Å². The Morgan fingerprint density at radius 1 is 1.12 bits per heavy atom. The summed E-state index contributed by atoms with van der Waals surface area (Å²) in [5, 5.41) is 10.2. The van der Waals surface area contributed by atoms with Crippen molar-refractivity contribution in [3.05, 3.63) is 24.3 Å². The molecule has 0 aromatic rings. The van der Waals surface area contributed by atoms with E-state index in [1.165, 1.54) is 7.11 Å². The van der Waals surface area contributed by atoms with E-state index in [4.69, 9.17) is 0 Å². The molecule has 0 radical (unpaired) electrons. The van der Waals surface area contributed by atoms with E-state index in [1.54, 1.807) is 6.08 Å². The predicted molar refractivity (Wildman–Crippen MR) is 100 cm³/mol. The molecule has 1 rings (SSSR count). The summed E-state index contributed by atoms with van der Waals surface area (Å²) in [6.07, 6.45) is 16.1. The van der Waals surface area contributed by atoms with Crippen molar-refractivity contribution >= 4 is 11.8 Å². The molecule has 4 heteroatoms. The SMILES string of the molecule is CCCCCC(=O)C=C[C@H]1CCC(O)[C@@H]1CC=CCCCC(=O)OC. The molecule has 142 valence electrons. The zero-order valence-corrected chi connectivity index (χ0v) is 15.8. The van der Waals surface area contributed by atoms with E-state index in [9.17, 15) is 14.7 Å². The van der Waals surface area contributed by atoms with E-state index < -0.39 is 0 Å². The molecule has 0 aliphatic heterocycles. The van der Waals surface area contributed by atoms with Gasteiger partial charge in [0.25, 0.3) is 0 Å². The van der Waals surface area contributed by atoms with Crippen LogP contribution >= 0.6 is 0 Å². The van der Waals surface area contributed by atoms with Crippen molar-refractivity contribution in [3.8, 4) is 0 Å². The minimum atomic E-state index is -0.287. The van der Waals surface area contributed by atoms with Gasteiger partial charge in [0, 0.05) is 12.8 Å². The van der Waals surface area contributed by atoms with Crippen LogP contribution < -0.4 is 0 Å². The van der Waals surface area contributed by atoms with E-state index in [0.717, 1.165) is 51.4 Å². The van der Waals surface area contributed by atoms with Gasteiger partial charge in [-0.25, -0.2) is 0 Å². The van der Waals surface area contributed by atoms with Crippen LogP contribution in [0, 0.1) is 11.8 Å². The topological polar surface area (TPSA) is 63.6 Å². The molecule has 4 nitrogen and oxygen atoms in total. The van der Waals surface area contributed by atoms with Crippen LogP contribution in [0.15, 0.2) is 24.3 Å². The monoisotopic (exact) mass is 350 g/mol. The smallest absolute Gasteiger partial charge is 0.305 e. The number of rotatable bonds is 12. The van der Waals surface area contributed by atoms with Crippen LogP contribution in [0.4, 0.5) is 0 Å². The first-order chi connectivity index (χ1) is 12.1. The minimum absolute atomic E-state index is 0.173. The molecule has 0 aromatic heterocycles. The van der Waals surface area contributed by atoms with Crippen LogP contribution in [0.25, 0.3) is 0 Å². The summed E-state index contributed by atoms with van der Waals surface area (Å²) in [7, 11) is 1.40. The zero-order valence-electron chi connectivity index (χ0n) is 15.8. The van der Waals surface area contributed by atoms with Crippen LogP contribution in [0.3, 0.4) is 0 Å². The molecule has 1 N–H and O–H groups in total. The second-order valence-electron chi connectivity index (χ2n) is 6.93. The maximum atomic E-state index is 11.9. The third-order valence-corrected chi connectivity index (χ3v) is 4.95. The van der Waals surface area contributed by atoms with Gasteiger partial charge in [0.15, 0.2) is 5.78 Å². The number of methoxy groups -OCH3 is 1. The summed E-state index contributed by atoms with van der Waals surface area (Å²) >= 11 is 0. The number of aliphatic hydroxyl groups is 1. The molecule has 25 heavy (non-hydrogen) atoms. The molecule has 0 aromatic carbocycles. The molecule has 1 saturated carbocycles. The van der Waals surface area contributed by atoms with Crippen LogP contribution in [0.5, 0.6) is 0 Å². The molecule has 1 unspecified atom stereocenters. The maximum Gasteiger partial charge on any atom is 0.305 e. The molecule has 0 spiro atoms. The minimum Gasteiger partial charge on any atom is -0.469 e. The number of carbonyl (C=O) groups excluding carboxylic acids is 2. The van der Waals surface area contributed by atoms with Crippen molar-refractivity contribution in [1.29, 1.82) is 0 Å². The molecular weight excluding hydrogens is 316 g/mol. The number of hydrogen-bond acceptors (Lipinski definition) is 4. The molecule has 1 aliphatic rings. The Kier molecular flexibility index (Phi) is 11.1. The fourth-order valence-corrected chi connectivity index (χ4v) is 3.35. The molecular formula is C21H34O4. The highest BCUT2D eigenvalue weighted by Gasteiger charge is 2.32. The zero-order chi connectivity index (χ0) is 18.5. The Labute approximate surface area is 152 Å². The number of ketones is 1. The highest BCUT2D eigenvalue weighted by Crippen LogP contribution is 2.35. The Morgan fingerprint density at radius 2 is 1.92 bits per heavy atom. The standard InChI is InChI=1S/C21H34O4/c1-3-4-7-10-18(22)15-13-17-14-16-20(23)19(17)11-8-5-6-9-12-21(24)25-2/h5,8,13,15,17,19-20,23H,3-4,6-7,9-12,14,16H2,1-2H3/t17-,19+,20?/m0/s1. The summed E-state index contributed by atoms with van der Waals surface area (Å²) in [4.78, 5) is 22.9. The van der Waals surface area contributed by atoms with Gasteiger partial charge in [0.05, 0.1) is 13.2 Å². The predicted octanol–water partition coefficient (Wildman–Crippen LogP) is 4.37. The van der Waals surface area contributed by atoms with E-state index in [0.29, 0.717) is 12.8 Å². The fourth-order valence-electron chi connectivity index (χ4n) is 3.35. The average Bonchev–Trinajstić information content (AvgIpc) is 2.96. The molecule has 3 atom stereocenters. The Hall–Kier alpha value is -1.42. The fraction of sp³-hybridized carbons (Fsp3) is 0.714. The van der Waals surface area contributed by atoms with Crippen LogP contribution in [0.1, 0.15) is 71.1 Å². The van der Waals surface area contributed by atoms with Gasteiger partial charge in [-0.1, -0.05) is 38.0 Å². The summed E-state index contributed by atoms with van der Waals surface area (Å²) in [5.74, 6) is 0.502. The number of allylic oxidation sites excluding steroid dienone is 4. The van der Waals surface area contributed by atoms with Gasteiger partial charge in [0.2, 0.25) is 0 Å². The third kappa shape index (κ3) is 9.01. The maximum absolute atomic E-state index is 11.9. The largest absolute Gasteiger partial charge is 0.469 e. The van der Waals surface area contributed by atoms with Crippen LogP contribution in [-0.2, 0) is 14.3 Å². The van der Waals surface area contributed by atoms with Crippen molar-refractivity contribution < 1.29 is 19.4 Å². The molecule has 0 heterocycles. The summed E-state index contributed by atoms with van der Waals surface area (Å²) in [5.41, 5.74) is 0. The van der Waals surface area contributed by atoms with Crippen molar-refractivity contribution in [2.75, 3.05) is 7.11 Å². The summed E-state index contributed by atoms with van der Waals surface area (Å²) in [6.45, 7) is 2.13. The molecule has 0 amide bonds. The third-order valence-electron chi connectivity index (χ3n) is 4.95. The number of esters is 1. The highest BCUT2D eigenvalue weighted by molar-refractivity contribution is 5.89. The lowest BCUT2D eigenvalue weighted by Crippen LogP contribution is -2.17. The van der Waals surface area contributed by atoms with Crippen LogP contribution in [0.2, 0.25) is 0 Å². The van der Waals surface area contributed by atoms with Crippen molar-refractivity contribution in [1.82, 2.24) is 0 Å². The Balaban J connectivity index is 2.35. The lowest BCUT2D eigenvalue weighted by Gasteiger charge is -2.17. The van der Waals surface area contributed by atoms with Crippen molar-refractivity contribution in [3.63, 3.8) is 0 Å². The molecule has 0 bridgehead atoms. The van der Waals surface area contributed by atoms with E-state index in [1.807, 2.05) is 6.08 Å². The van der Waals surface area contributed by atoms with E-state index in [2.05, 4.69) is 23.8 Å². The van der Waals surface area contributed by atoms with Crippen molar-refractivity contribution in [2.45, 2.75) is 77.2 Å². The number of carbonyl (C=O) groups is 2. The van der Waals surface area contributed by atoms with Gasteiger partial charge in [-0.05, 0) is 56.4 Å². The molecule has 1 aliphatic carbocycles. The van der Waals surface area contributed by atoms with Gasteiger partial charge >= 0.3 is 5.97 Å². The Morgan fingerprint density at radius 3 is 2.64 bits per heavy atom. The number of ether oxygens (including phenoxy) is 1. The van der Waals surface area contributed by atoms with Gasteiger partial charge in [0.1, 0.15) is 0 Å². The van der Waals surface area contributed by atoms with Gasteiger partial charge in [-0.3, -0.25) is 9.59 Å². The number of hydrogen-bond donors (Lipinski definition) is 1. The quantitative estimate of drug-likeness (QED) is 0.246. The van der Waals surface area contributed by atoms with Gasteiger partial charge in [-0.2, -0.15) is 0 Å². The normalized spacial score (nSPS) is 23.6. The number of unbranched alkanes of at least 4 members (excludes halogenated alkanes) is 3. The highest BCUT2D eigenvalue weighted by atomic mass is 16.5. The van der Waals surface area contributed by atoms with E-state index in [-0.39, 0.29) is 29.7 Å².